The third-order valence-corrected chi connectivity index (χ3v) is 7.00. The van der Waals surface area contributed by atoms with E-state index in [4.69, 9.17) is 0 Å². The van der Waals surface area contributed by atoms with Crippen molar-refractivity contribution in [3.8, 4) is 5.75 Å². The van der Waals surface area contributed by atoms with E-state index in [2.05, 4.69) is 43.7 Å². The summed E-state index contributed by atoms with van der Waals surface area (Å²) in [4.78, 5) is 17.5. The van der Waals surface area contributed by atoms with E-state index >= 15 is 0 Å². The minimum absolute atomic E-state index is 0.0540. The molecule has 2 fully saturated rings. The van der Waals surface area contributed by atoms with E-state index in [9.17, 15) is 9.90 Å². The van der Waals surface area contributed by atoms with Crippen molar-refractivity contribution in [2.24, 2.45) is 11.8 Å². The highest BCUT2D eigenvalue weighted by Crippen LogP contribution is 2.34. The van der Waals surface area contributed by atoms with Crippen LogP contribution in [-0.4, -0.2) is 53.0 Å². The summed E-state index contributed by atoms with van der Waals surface area (Å²) in [5, 5.41) is 9.84. The quantitative estimate of drug-likeness (QED) is 0.683. The topological polar surface area (TPSA) is 43.8 Å². The van der Waals surface area contributed by atoms with Crippen molar-refractivity contribution >= 4 is 37.8 Å². The van der Waals surface area contributed by atoms with Crippen molar-refractivity contribution < 1.29 is 9.90 Å². The molecule has 3 rings (SSSR count). The number of halogens is 2. The number of carbonyl (C=O) groups is 1. The molecule has 1 aromatic carbocycles. The maximum Gasteiger partial charge on any atom is 0.225 e. The SMILES string of the molecule is C[C@H]1CCN(C2CCN(C(=O)[C@H](C)Cc3cc(Br)c(O)c(Br)c3)CC2)C1. The van der Waals surface area contributed by atoms with Gasteiger partial charge in [0.05, 0.1) is 8.95 Å². The zero-order valence-electron chi connectivity index (χ0n) is 15.5. The molecule has 0 aromatic heterocycles. The van der Waals surface area contributed by atoms with Crippen LogP contribution in [-0.2, 0) is 11.2 Å². The van der Waals surface area contributed by atoms with Gasteiger partial charge in [-0.1, -0.05) is 13.8 Å². The van der Waals surface area contributed by atoms with Gasteiger partial charge in [-0.05, 0) is 87.7 Å². The zero-order chi connectivity index (χ0) is 18.8. The molecule has 2 aliphatic rings. The normalized spacial score (nSPS) is 23.4. The van der Waals surface area contributed by atoms with Crippen LogP contribution in [0.1, 0.15) is 38.7 Å². The minimum Gasteiger partial charge on any atom is -0.506 e. The largest absolute Gasteiger partial charge is 0.506 e. The number of amides is 1. The first-order valence-electron chi connectivity index (χ1n) is 9.55. The van der Waals surface area contributed by atoms with Gasteiger partial charge in [-0.25, -0.2) is 0 Å². The lowest BCUT2D eigenvalue weighted by molar-refractivity contribution is -0.136. The fourth-order valence-electron chi connectivity index (χ4n) is 4.24. The lowest BCUT2D eigenvalue weighted by Crippen LogP contribution is -2.47. The Hall–Kier alpha value is -0.590. The highest BCUT2D eigenvalue weighted by atomic mass is 79.9. The number of phenolic OH excluding ortho intramolecular Hbond substituents is 1. The molecular formula is C20H28Br2N2O2. The van der Waals surface area contributed by atoms with E-state index in [1.54, 1.807) is 0 Å². The smallest absolute Gasteiger partial charge is 0.225 e. The van der Waals surface area contributed by atoms with Crippen molar-refractivity contribution in [1.82, 2.24) is 9.80 Å². The van der Waals surface area contributed by atoms with E-state index in [-0.39, 0.29) is 17.6 Å². The van der Waals surface area contributed by atoms with Gasteiger partial charge in [0, 0.05) is 31.6 Å². The first-order chi connectivity index (χ1) is 12.3. The molecule has 1 aromatic rings. The lowest BCUT2D eigenvalue weighted by atomic mass is 9.97. The molecule has 26 heavy (non-hydrogen) atoms. The predicted octanol–water partition coefficient (Wildman–Crippen LogP) is 4.43. The Morgan fingerprint density at radius 2 is 1.81 bits per heavy atom. The zero-order valence-corrected chi connectivity index (χ0v) is 18.7. The Labute approximate surface area is 173 Å². The van der Waals surface area contributed by atoms with Gasteiger partial charge in [-0.2, -0.15) is 0 Å². The number of likely N-dealkylation sites (tertiary alicyclic amines) is 2. The maximum atomic E-state index is 12.9. The molecule has 144 valence electrons. The molecule has 2 aliphatic heterocycles. The van der Waals surface area contributed by atoms with Crippen LogP contribution in [0.2, 0.25) is 0 Å². The number of hydrogen-bond acceptors (Lipinski definition) is 3. The van der Waals surface area contributed by atoms with Crippen molar-refractivity contribution in [2.45, 2.75) is 45.6 Å². The molecule has 0 spiro atoms. The van der Waals surface area contributed by atoms with Crippen LogP contribution < -0.4 is 0 Å². The van der Waals surface area contributed by atoms with Gasteiger partial charge in [-0.3, -0.25) is 9.69 Å². The monoisotopic (exact) mass is 486 g/mol. The Morgan fingerprint density at radius 1 is 1.19 bits per heavy atom. The van der Waals surface area contributed by atoms with E-state index in [1.807, 2.05) is 24.0 Å². The van der Waals surface area contributed by atoms with Gasteiger partial charge in [0.1, 0.15) is 5.75 Å². The van der Waals surface area contributed by atoms with Gasteiger partial charge in [0.15, 0.2) is 0 Å². The number of nitrogens with zero attached hydrogens (tertiary/aromatic N) is 2. The molecule has 0 bridgehead atoms. The van der Waals surface area contributed by atoms with Crippen LogP contribution in [0.3, 0.4) is 0 Å². The van der Waals surface area contributed by atoms with Gasteiger partial charge >= 0.3 is 0 Å². The van der Waals surface area contributed by atoms with Crippen LogP contribution >= 0.6 is 31.9 Å². The van der Waals surface area contributed by atoms with Crippen LogP contribution in [0, 0.1) is 11.8 Å². The van der Waals surface area contributed by atoms with Crippen molar-refractivity contribution in [3.63, 3.8) is 0 Å². The van der Waals surface area contributed by atoms with E-state index in [0.717, 1.165) is 37.4 Å². The average molecular weight is 488 g/mol. The number of phenols is 1. The molecule has 0 saturated carbocycles. The summed E-state index contributed by atoms with van der Waals surface area (Å²) in [7, 11) is 0. The molecule has 6 heteroatoms. The molecule has 1 N–H and O–H groups in total. The van der Waals surface area contributed by atoms with Gasteiger partial charge in [0.2, 0.25) is 5.91 Å². The number of rotatable bonds is 4. The van der Waals surface area contributed by atoms with Gasteiger partial charge in [-0.15, -0.1) is 0 Å². The first-order valence-corrected chi connectivity index (χ1v) is 11.1. The summed E-state index contributed by atoms with van der Waals surface area (Å²) in [6, 6.07) is 4.44. The summed E-state index contributed by atoms with van der Waals surface area (Å²) >= 11 is 6.73. The number of benzene rings is 1. The Kier molecular flexibility index (Phi) is 6.68. The molecule has 0 aliphatic carbocycles. The maximum absolute atomic E-state index is 12.9. The second-order valence-corrected chi connectivity index (χ2v) is 9.67. The summed E-state index contributed by atoms with van der Waals surface area (Å²) in [6.45, 7) is 8.54. The Morgan fingerprint density at radius 3 is 2.35 bits per heavy atom. The molecule has 0 radical (unpaired) electrons. The number of aromatic hydroxyl groups is 1. The van der Waals surface area contributed by atoms with Crippen molar-refractivity contribution in [1.29, 1.82) is 0 Å². The van der Waals surface area contributed by atoms with Crippen LogP contribution in [0.4, 0.5) is 0 Å². The molecule has 0 unspecified atom stereocenters. The Bertz CT molecular complexity index is 636. The van der Waals surface area contributed by atoms with Crippen LogP contribution in [0.5, 0.6) is 5.75 Å². The number of hydrogen-bond donors (Lipinski definition) is 1. The summed E-state index contributed by atoms with van der Waals surface area (Å²) in [5.74, 6) is 1.21. The molecule has 1 amide bonds. The van der Waals surface area contributed by atoms with Crippen molar-refractivity contribution in [2.75, 3.05) is 26.2 Å². The second kappa shape index (κ2) is 8.61. The van der Waals surface area contributed by atoms with E-state index in [0.29, 0.717) is 21.4 Å². The van der Waals surface area contributed by atoms with Gasteiger partial charge < -0.3 is 10.0 Å². The van der Waals surface area contributed by atoms with E-state index < -0.39 is 0 Å². The molecule has 2 heterocycles. The number of piperidine rings is 1. The Balaban J connectivity index is 1.53. The molecule has 4 nitrogen and oxygen atoms in total. The molecular weight excluding hydrogens is 460 g/mol. The third kappa shape index (κ3) is 4.63. The predicted molar refractivity (Wildman–Crippen MR) is 111 cm³/mol. The highest BCUT2D eigenvalue weighted by molar-refractivity contribution is 9.11. The van der Waals surface area contributed by atoms with E-state index in [1.165, 1.54) is 19.5 Å². The standard InChI is InChI=1S/C20H28Br2N2O2/c1-13-3-6-24(12-13)16-4-7-23(8-5-16)20(26)14(2)9-15-10-17(21)19(25)18(22)11-15/h10-11,13-14,16,25H,3-9,12H2,1-2H3/t13-,14+/m0/s1. The van der Waals surface area contributed by atoms with Gasteiger partial charge in [0.25, 0.3) is 0 Å². The molecule has 2 atom stereocenters. The fourth-order valence-corrected chi connectivity index (χ4v) is 5.52. The van der Waals surface area contributed by atoms with Crippen LogP contribution in [0.15, 0.2) is 21.1 Å². The summed E-state index contributed by atoms with van der Waals surface area (Å²) < 4.78 is 1.31. The summed E-state index contributed by atoms with van der Waals surface area (Å²) in [6.07, 6.45) is 4.19. The highest BCUT2D eigenvalue weighted by Gasteiger charge is 2.31. The van der Waals surface area contributed by atoms with Crippen LogP contribution in [0.25, 0.3) is 0 Å². The fraction of sp³-hybridized carbons (Fsp3) is 0.650. The number of carbonyl (C=O) groups excluding carboxylic acids is 1. The first kappa shape index (κ1) is 20.2. The van der Waals surface area contributed by atoms with Crippen molar-refractivity contribution in [3.05, 3.63) is 26.6 Å². The summed E-state index contributed by atoms with van der Waals surface area (Å²) in [5.41, 5.74) is 1.04. The molecule has 2 saturated heterocycles. The average Bonchev–Trinajstić information content (AvgIpc) is 3.05. The lowest BCUT2D eigenvalue weighted by Gasteiger charge is -2.37. The second-order valence-electron chi connectivity index (χ2n) is 7.96. The third-order valence-electron chi connectivity index (χ3n) is 5.79. The minimum atomic E-state index is -0.0540.